The van der Waals surface area contributed by atoms with Crippen LogP contribution in [0.15, 0.2) is 36.4 Å². The quantitative estimate of drug-likeness (QED) is 0.597. The highest BCUT2D eigenvalue weighted by atomic mass is 16.7. The Kier molecular flexibility index (Phi) is 6.54. The van der Waals surface area contributed by atoms with Gasteiger partial charge in [0.1, 0.15) is 6.54 Å². The summed E-state index contributed by atoms with van der Waals surface area (Å²) in [7, 11) is 3.14. The molecule has 0 spiro atoms. The third kappa shape index (κ3) is 4.79. The van der Waals surface area contributed by atoms with Gasteiger partial charge in [0, 0.05) is 57.6 Å². The molecule has 2 fully saturated rings. The fourth-order valence-corrected chi connectivity index (χ4v) is 4.68. The van der Waals surface area contributed by atoms with E-state index in [1.165, 1.54) is 0 Å². The summed E-state index contributed by atoms with van der Waals surface area (Å²) in [5.41, 5.74) is 1.88. The van der Waals surface area contributed by atoms with Crippen molar-refractivity contribution in [3.05, 3.63) is 42.0 Å². The molecule has 35 heavy (non-hydrogen) atoms. The van der Waals surface area contributed by atoms with Crippen LogP contribution in [0.1, 0.15) is 5.56 Å². The van der Waals surface area contributed by atoms with Crippen molar-refractivity contribution in [2.75, 3.05) is 71.7 Å². The zero-order chi connectivity index (χ0) is 24.4. The molecule has 0 saturated carbocycles. The molecule has 0 unspecified atom stereocenters. The number of carbonyl (C=O) groups excluding carboxylic acids is 2. The molecule has 0 aromatic heterocycles. The highest BCUT2D eigenvalue weighted by Crippen LogP contribution is 2.34. The maximum atomic E-state index is 13.0. The number of amides is 3. The number of carbonyl (C=O) groups is 2. The molecule has 3 heterocycles. The van der Waals surface area contributed by atoms with E-state index in [-0.39, 0.29) is 25.3 Å². The first-order valence-corrected chi connectivity index (χ1v) is 11.7. The van der Waals surface area contributed by atoms with Gasteiger partial charge in [-0.2, -0.15) is 0 Å². The number of piperazine rings is 1. The van der Waals surface area contributed by atoms with Gasteiger partial charge in [-0.15, -0.1) is 0 Å². The largest absolute Gasteiger partial charge is 0.493 e. The summed E-state index contributed by atoms with van der Waals surface area (Å²) in [6, 6.07) is 11.2. The van der Waals surface area contributed by atoms with Crippen LogP contribution in [-0.2, 0) is 11.3 Å². The van der Waals surface area contributed by atoms with E-state index in [0.29, 0.717) is 37.7 Å². The summed E-state index contributed by atoms with van der Waals surface area (Å²) in [5, 5.41) is 0. The number of urea groups is 1. The van der Waals surface area contributed by atoms with Gasteiger partial charge < -0.3 is 28.7 Å². The number of ether oxygens (including phenoxy) is 4. The molecule has 10 nitrogen and oxygen atoms in total. The van der Waals surface area contributed by atoms with Crippen LogP contribution in [0.3, 0.4) is 0 Å². The lowest BCUT2D eigenvalue weighted by Crippen LogP contribution is -2.51. The van der Waals surface area contributed by atoms with Gasteiger partial charge in [0.15, 0.2) is 23.0 Å². The van der Waals surface area contributed by atoms with E-state index < -0.39 is 0 Å². The lowest BCUT2D eigenvalue weighted by molar-refractivity contribution is -0.133. The first kappa shape index (κ1) is 23.1. The average Bonchev–Trinajstić information content (AvgIpc) is 3.50. The standard InChI is InChI=1S/C25H30N4O6/c1-32-20-6-4-19(14-22(20)33-2)29-12-11-28(25(29)31)16-24(30)27-9-7-26(8-10-27)15-18-3-5-21-23(13-18)35-17-34-21/h3-6,13-14H,7-12,15-17H2,1-2H3. The third-order valence-electron chi connectivity index (χ3n) is 6.67. The molecule has 186 valence electrons. The number of rotatable bonds is 7. The van der Waals surface area contributed by atoms with Crippen molar-refractivity contribution in [3.8, 4) is 23.0 Å². The molecule has 3 aliphatic heterocycles. The SMILES string of the molecule is COc1ccc(N2CCN(CC(=O)N3CCN(Cc4ccc5c(c4)OCO5)CC3)C2=O)cc1OC. The van der Waals surface area contributed by atoms with Crippen molar-refractivity contribution >= 4 is 17.6 Å². The minimum Gasteiger partial charge on any atom is -0.493 e. The number of hydrogen-bond donors (Lipinski definition) is 0. The molecule has 5 rings (SSSR count). The second-order valence-electron chi connectivity index (χ2n) is 8.74. The number of fused-ring (bicyclic) bond motifs is 1. The molecule has 10 heteroatoms. The lowest BCUT2D eigenvalue weighted by atomic mass is 10.1. The third-order valence-corrected chi connectivity index (χ3v) is 6.67. The van der Waals surface area contributed by atoms with Crippen molar-refractivity contribution in [2.24, 2.45) is 0 Å². The number of anilines is 1. The molecule has 2 saturated heterocycles. The molecule has 2 aromatic carbocycles. The molecule has 0 atom stereocenters. The van der Waals surface area contributed by atoms with Crippen molar-refractivity contribution < 1.29 is 28.5 Å². The molecular weight excluding hydrogens is 452 g/mol. The summed E-state index contributed by atoms with van der Waals surface area (Å²) in [5.74, 6) is 2.72. The Balaban J connectivity index is 1.12. The Morgan fingerprint density at radius 1 is 0.886 bits per heavy atom. The Bertz CT molecular complexity index is 1100. The summed E-state index contributed by atoms with van der Waals surface area (Å²) >= 11 is 0. The van der Waals surface area contributed by atoms with Crippen molar-refractivity contribution in [2.45, 2.75) is 6.54 Å². The van der Waals surface area contributed by atoms with Crippen LogP contribution in [0.25, 0.3) is 0 Å². The first-order valence-electron chi connectivity index (χ1n) is 11.7. The Morgan fingerprint density at radius 3 is 2.43 bits per heavy atom. The van der Waals surface area contributed by atoms with Crippen LogP contribution in [0, 0.1) is 0 Å². The van der Waals surface area contributed by atoms with E-state index in [1.807, 2.05) is 29.2 Å². The monoisotopic (exact) mass is 482 g/mol. The van der Waals surface area contributed by atoms with Crippen LogP contribution in [0.5, 0.6) is 23.0 Å². The van der Waals surface area contributed by atoms with Crippen LogP contribution in [0.2, 0.25) is 0 Å². The molecule has 3 aliphatic rings. The minimum atomic E-state index is -0.174. The maximum Gasteiger partial charge on any atom is 0.325 e. The van der Waals surface area contributed by atoms with E-state index in [4.69, 9.17) is 18.9 Å². The Labute approximate surface area is 204 Å². The molecule has 0 N–H and O–H groups in total. The predicted molar refractivity (Wildman–Crippen MR) is 128 cm³/mol. The molecule has 3 amide bonds. The van der Waals surface area contributed by atoms with E-state index in [0.717, 1.165) is 42.4 Å². The number of hydrogen-bond acceptors (Lipinski definition) is 7. The first-order chi connectivity index (χ1) is 17.1. The van der Waals surface area contributed by atoms with Gasteiger partial charge in [-0.05, 0) is 29.8 Å². The highest BCUT2D eigenvalue weighted by molar-refractivity contribution is 5.96. The second-order valence-corrected chi connectivity index (χ2v) is 8.74. The zero-order valence-corrected chi connectivity index (χ0v) is 20.1. The molecule has 0 radical (unpaired) electrons. The minimum absolute atomic E-state index is 0.0183. The summed E-state index contributed by atoms with van der Waals surface area (Å²) < 4.78 is 21.5. The van der Waals surface area contributed by atoms with E-state index >= 15 is 0 Å². The predicted octanol–water partition coefficient (Wildman–Crippen LogP) is 2.02. The van der Waals surface area contributed by atoms with E-state index in [2.05, 4.69) is 4.90 Å². The molecule has 0 aliphatic carbocycles. The topological polar surface area (TPSA) is 84.0 Å². The summed E-state index contributed by atoms with van der Waals surface area (Å²) in [6.07, 6.45) is 0. The summed E-state index contributed by atoms with van der Waals surface area (Å²) in [6.45, 7) is 5.03. The van der Waals surface area contributed by atoms with Gasteiger partial charge in [0.05, 0.1) is 14.2 Å². The van der Waals surface area contributed by atoms with E-state index in [1.54, 1.807) is 36.2 Å². The van der Waals surface area contributed by atoms with Gasteiger partial charge in [0.2, 0.25) is 12.7 Å². The van der Waals surface area contributed by atoms with E-state index in [9.17, 15) is 9.59 Å². The fourth-order valence-electron chi connectivity index (χ4n) is 4.68. The number of benzene rings is 2. The van der Waals surface area contributed by atoms with Gasteiger partial charge in [-0.3, -0.25) is 14.6 Å². The number of methoxy groups -OCH3 is 2. The lowest BCUT2D eigenvalue weighted by Gasteiger charge is -2.35. The normalized spacial score (nSPS) is 17.8. The average molecular weight is 483 g/mol. The van der Waals surface area contributed by atoms with Crippen molar-refractivity contribution in [1.29, 1.82) is 0 Å². The summed E-state index contributed by atoms with van der Waals surface area (Å²) in [4.78, 5) is 33.4. The number of nitrogens with zero attached hydrogens (tertiary/aromatic N) is 4. The smallest absolute Gasteiger partial charge is 0.325 e. The van der Waals surface area contributed by atoms with Crippen molar-refractivity contribution in [3.63, 3.8) is 0 Å². The van der Waals surface area contributed by atoms with Crippen LogP contribution < -0.4 is 23.8 Å². The Hall–Kier alpha value is -3.66. The fraction of sp³-hybridized carbons (Fsp3) is 0.440. The molecule has 2 aromatic rings. The van der Waals surface area contributed by atoms with Crippen LogP contribution >= 0.6 is 0 Å². The van der Waals surface area contributed by atoms with Crippen LogP contribution in [0.4, 0.5) is 10.5 Å². The molecular formula is C25H30N4O6. The van der Waals surface area contributed by atoms with Gasteiger partial charge >= 0.3 is 6.03 Å². The van der Waals surface area contributed by atoms with Gasteiger partial charge in [-0.25, -0.2) is 4.79 Å². The zero-order valence-electron chi connectivity index (χ0n) is 20.1. The van der Waals surface area contributed by atoms with Crippen molar-refractivity contribution in [1.82, 2.24) is 14.7 Å². The highest BCUT2D eigenvalue weighted by Gasteiger charge is 2.33. The molecule has 0 bridgehead atoms. The van der Waals surface area contributed by atoms with Crippen LogP contribution in [-0.4, -0.2) is 93.5 Å². The maximum absolute atomic E-state index is 13.0. The van der Waals surface area contributed by atoms with Gasteiger partial charge in [0.25, 0.3) is 0 Å². The van der Waals surface area contributed by atoms with Gasteiger partial charge in [-0.1, -0.05) is 6.07 Å². The second kappa shape index (κ2) is 9.91. The Morgan fingerprint density at radius 2 is 1.66 bits per heavy atom.